The molecule has 118 valence electrons. The van der Waals surface area contributed by atoms with Crippen molar-refractivity contribution >= 4 is 17.4 Å². The second kappa shape index (κ2) is 5.49. The van der Waals surface area contributed by atoms with Crippen LogP contribution in [0, 0.1) is 13.8 Å². The summed E-state index contributed by atoms with van der Waals surface area (Å²) in [6.07, 6.45) is 0.695. The maximum Gasteiger partial charge on any atom is 0.227 e. The minimum atomic E-state index is 0.309. The highest BCUT2D eigenvalue weighted by atomic mass is 16.4. The molecule has 0 radical (unpaired) electrons. The minimum absolute atomic E-state index is 0.309. The van der Waals surface area contributed by atoms with Gasteiger partial charge in [0.05, 0.1) is 0 Å². The molecule has 4 aromatic rings. The fourth-order valence-corrected chi connectivity index (χ4v) is 2.73. The van der Waals surface area contributed by atoms with Crippen molar-refractivity contribution in [2.75, 3.05) is 0 Å². The van der Waals surface area contributed by atoms with Crippen LogP contribution in [-0.4, -0.2) is 11.3 Å². The fourth-order valence-electron chi connectivity index (χ4n) is 2.73. The highest BCUT2D eigenvalue weighted by molar-refractivity contribution is 5.84. The van der Waals surface area contributed by atoms with Crippen LogP contribution in [0.2, 0.25) is 0 Å². The van der Waals surface area contributed by atoms with Crippen molar-refractivity contribution in [2.45, 2.75) is 13.8 Å². The summed E-state index contributed by atoms with van der Waals surface area (Å²) >= 11 is 0. The number of hydrogen-bond acceptors (Lipinski definition) is 4. The van der Waals surface area contributed by atoms with Crippen molar-refractivity contribution in [3.63, 3.8) is 0 Å². The lowest BCUT2D eigenvalue weighted by Gasteiger charge is -1.99. The normalized spacial score (nSPS) is 11.1. The van der Waals surface area contributed by atoms with Gasteiger partial charge in [-0.05, 0) is 55.8 Å². The van der Waals surface area contributed by atoms with Crippen molar-refractivity contribution in [1.82, 2.24) is 4.98 Å². The van der Waals surface area contributed by atoms with Crippen LogP contribution in [0.25, 0.3) is 33.9 Å². The van der Waals surface area contributed by atoms with Gasteiger partial charge >= 0.3 is 0 Å². The Labute approximate surface area is 138 Å². The third-order valence-corrected chi connectivity index (χ3v) is 4.00. The molecule has 4 rings (SSSR count). The zero-order valence-corrected chi connectivity index (χ0v) is 13.4. The van der Waals surface area contributed by atoms with Gasteiger partial charge in [0.15, 0.2) is 17.6 Å². The summed E-state index contributed by atoms with van der Waals surface area (Å²) in [5.74, 6) is 1.54. The zero-order chi connectivity index (χ0) is 16.7. The van der Waals surface area contributed by atoms with Gasteiger partial charge in [0.25, 0.3) is 0 Å². The van der Waals surface area contributed by atoms with E-state index >= 15 is 0 Å². The summed E-state index contributed by atoms with van der Waals surface area (Å²) in [4.78, 5) is 15.4. The molecule has 0 fully saturated rings. The molecule has 0 spiro atoms. The first-order chi connectivity index (χ1) is 11.6. The van der Waals surface area contributed by atoms with E-state index in [0.29, 0.717) is 23.7 Å². The van der Waals surface area contributed by atoms with E-state index in [1.807, 2.05) is 50.2 Å². The van der Waals surface area contributed by atoms with Gasteiger partial charge in [-0.2, -0.15) is 0 Å². The number of aromatic nitrogens is 1. The van der Waals surface area contributed by atoms with Crippen molar-refractivity contribution in [2.24, 2.45) is 0 Å². The lowest BCUT2D eigenvalue weighted by atomic mass is 10.1. The van der Waals surface area contributed by atoms with Gasteiger partial charge < -0.3 is 8.83 Å². The summed E-state index contributed by atoms with van der Waals surface area (Å²) < 4.78 is 11.4. The highest BCUT2D eigenvalue weighted by Gasteiger charge is 2.13. The molecule has 0 saturated carbocycles. The average molecular weight is 317 g/mol. The minimum Gasteiger partial charge on any atom is -0.453 e. The molecule has 0 amide bonds. The molecule has 0 aliphatic rings. The number of benzene rings is 2. The predicted octanol–water partition coefficient (Wildman–Crippen LogP) is 5.18. The Balaban J connectivity index is 1.83. The number of oxazole rings is 1. The van der Waals surface area contributed by atoms with E-state index in [1.165, 1.54) is 5.56 Å². The first-order valence-corrected chi connectivity index (χ1v) is 7.67. The van der Waals surface area contributed by atoms with E-state index in [2.05, 4.69) is 4.98 Å². The molecule has 0 N–H and O–H groups in total. The van der Waals surface area contributed by atoms with Crippen molar-refractivity contribution in [3.8, 4) is 22.8 Å². The van der Waals surface area contributed by atoms with Gasteiger partial charge in [0.2, 0.25) is 5.89 Å². The van der Waals surface area contributed by atoms with Crippen molar-refractivity contribution < 1.29 is 13.6 Å². The molecule has 0 aliphatic carbocycles. The van der Waals surface area contributed by atoms with Crippen LogP contribution < -0.4 is 0 Å². The molecule has 0 unspecified atom stereocenters. The van der Waals surface area contributed by atoms with Crippen LogP contribution in [-0.2, 0) is 0 Å². The summed E-state index contributed by atoms with van der Waals surface area (Å²) in [7, 11) is 0. The van der Waals surface area contributed by atoms with Crippen LogP contribution in [0.15, 0.2) is 57.4 Å². The zero-order valence-electron chi connectivity index (χ0n) is 13.4. The Morgan fingerprint density at radius 3 is 2.42 bits per heavy atom. The number of aryl methyl sites for hydroxylation is 2. The maximum absolute atomic E-state index is 10.8. The number of fused-ring (bicyclic) bond motifs is 1. The molecule has 0 saturated heterocycles. The van der Waals surface area contributed by atoms with E-state index < -0.39 is 0 Å². The Hall–Kier alpha value is -3.14. The van der Waals surface area contributed by atoms with E-state index in [1.54, 1.807) is 12.1 Å². The third kappa shape index (κ3) is 2.42. The van der Waals surface area contributed by atoms with E-state index in [0.717, 1.165) is 27.8 Å². The number of carbonyl (C=O) groups excluding carboxylic acids is 1. The van der Waals surface area contributed by atoms with Crippen LogP contribution >= 0.6 is 0 Å². The topological polar surface area (TPSA) is 56.2 Å². The van der Waals surface area contributed by atoms with E-state index in [4.69, 9.17) is 8.83 Å². The van der Waals surface area contributed by atoms with Gasteiger partial charge in [-0.25, -0.2) is 4.98 Å². The molecule has 2 aromatic heterocycles. The number of carbonyl (C=O) groups is 1. The molecule has 4 heteroatoms. The lowest BCUT2D eigenvalue weighted by Crippen LogP contribution is -1.80. The number of nitrogens with zero attached hydrogens (tertiary/aromatic N) is 1. The molecular weight excluding hydrogens is 302 g/mol. The monoisotopic (exact) mass is 317 g/mol. The van der Waals surface area contributed by atoms with Crippen molar-refractivity contribution in [3.05, 3.63) is 65.4 Å². The maximum atomic E-state index is 10.8. The molecule has 24 heavy (non-hydrogen) atoms. The molecule has 2 aromatic carbocycles. The summed E-state index contributed by atoms with van der Waals surface area (Å²) in [5.41, 5.74) is 5.51. The Morgan fingerprint density at radius 1 is 0.917 bits per heavy atom. The van der Waals surface area contributed by atoms with Crippen LogP contribution in [0.4, 0.5) is 0 Å². The SMILES string of the molecule is Cc1ccc(-c2nc3cc(-c4ccc(C=O)o4)cc(C)c3o2)cc1. The molecule has 0 atom stereocenters. The number of hydrogen-bond donors (Lipinski definition) is 0. The van der Waals surface area contributed by atoms with Crippen LogP contribution in [0.1, 0.15) is 21.7 Å². The quantitative estimate of drug-likeness (QED) is 0.488. The molecule has 2 heterocycles. The van der Waals surface area contributed by atoms with E-state index in [9.17, 15) is 4.79 Å². The summed E-state index contributed by atoms with van der Waals surface area (Å²) in [6.45, 7) is 4.02. The Bertz CT molecular complexity index is 1040. The summed E-state index contributed by atoms with van der Waals surface area (Å²) in [6, 6.07) is 15.4. The second-order valence-corrected chi connectivity index (χ2v) is 5.85. The molecule has 0 aliphatic heterocycles. The lowest BCUT2D eigenvalue weighted by molar-refractivity contribution is 0.110. The van der Waals surface area contributed by atoms with E-state index in [-0.39, 0.29) is 0 Å². The average Bonchev–Trinajstić information content (AvgIpc) is 3.22. The number of rotatable bonds is 3. The summed E-state index contributed by atoms with van der Waals surface area (Å²) in [5, 5.41) is 0. The van der Waals surface area contributed by atoms with Gasteiger partial charge in [-0.3, -0.25) is 4.79 Å². The molecular formula is C20H15NO3. The second-order valence-electron chi connectivity index (χ2n) is 5.85. The standard InChI is InChI=1S/C20H15NO3/c1-12-3-5-14(6-4-12)20-21-17-10-15(9-13(2)19(17)24-20)18-8-7-16(11-22)23-18/h3-11H,1-2H3. The van der Waals surface area contributed by atoms with Gasteiger partial charge in [0, 0.05) is 11.1 Å². The number of aldehydes is 1. The smallest absolute Gasteiger partial charge is 0.227 e. The highest BCUT2D eigenvalue weighted by Crippen LogP contribution is 2.31. The van der Waals surface area contributed by atoms with Crippen molar-refractivity contribution in [1.29, 1.82) is 0 Å². The largest absolute Gasteiger partial charge is 0.453 e. The molecule has 0 bridgehead atoms. The predicted molar refractivity (Wildman–Crippen MR) is 92.0 cm³/mol. The van der Waals surface area contributed by atoms with Gasteiger partial charge in [-0.15, -0.1) is 0 Å². The van der Waals surface area contributed by atoms with Crippen LogP contribution in [0.5, 0.6) is 0 Å². The van der Waals surface area contributed by atoms with Crippen LogP contribution in [0.3, 0.4) is 0 Å². The third-order valence-electron chi connectivity index (χ3n) is 4.00. The first kappa shape index (κ1) is 14.5. The van der Waals surface area contributed by atoms with Gasteiger partial charge in [-0.1, -0.05) is 17.7 Å². The fraction of sp³-hybridized carbons (Fsp3) is 0.100. The Kier molecular flexibility index (Phi) is 3.31. The number of furan rings is 1. The molecule has 4 nitrogen and oxygen atoms in total. The Morgan fingerprint density at radius 2 is 1.71 bits per heavy atom. The van der Waals surface area contributed by atoms with Gasteiger partial charge in [0.1, 0.15) is 11.3 Å². The first-order valence-electron chi connectivity index (χ1n) is 7.67.